The fourth-order valence-corrected chi connectivity index (χ4v) is 2.21. The first kappa shape index (κ1) is 16.1. The number of nitrogens with two attached hydrogens (primary N) is 1. The molecule has 0 aliphatic heterocycles. The van der Waals surface area contributed by atoms with E-state index in [2.05, 4.69) is 0 Å². The summed E-state index contributed by atoms with van der Waals surface area (Å²) in [6.45, 7) is 0. The van der Waals surface area contributed by atoms with Crippen LogP contribution in [0.15, 0.2) is 30.3 Å². The van der Waals surface area contributed by atoms with E-state index in [4.69, 9.17) is 45.3 Å². The zero-order valence-corrected chi connectivity index (χ0v) is 12.4. The van der Waals surface area contributed by atoms with Crippen LogP contribution in [-0.4, -0.2) is 0 Å². The highest BCUT2D eigenvalue weighted by molar-refractivity contribution is 6.37. The predicted octanol–water partition coefficient (Wildman–Crippen LogP) is 6.04. The van der Waals surface area contributed by atoms with Crippen LogP contribution in [0.1, 0.15) is 5.56 Å². The molecule has 0 aliphatic carbocycles. The molecule has 8 heteroatoms. The molecule has 2 rings (SSSR count). The van der Waals surface area contributed by atoms with Crippen LogP contribution in [0.4, 0.5) is 18.9 Å². The highest BCUT2D eigenvalue weighted by Gasteiger charge is 2.32. The summed E-state index contributed by atoms with van der Waals surface area (Å²) in [7, 11) is 0. The molecule has 0 unspecified atom stereocenters. The van der Waals surface area contributed by atoms with Crippen LogP contribution in [0.25, 0.3) is 0 Å². The van der Waals surface area contributed by atoms with Crippen LogP contribution in [0, 0.1) is 0 Å². The number of halogens is 6. The molecule has 0 fully saturated rings. The lowest BCUT2D eigenvalue weighted by Crippen LogP contribution is -2.05. The van der Waals surface area contributed by atoms with Crippen molar-refractivity contribution in [1.29, 1.82) is 0 Å². The molecule has 2 nitrogen and oxygen atoms in total. The smallest absolute Gasteiger partial charge is 0.416 e. The van der Waals surface area contributed by atoms with E-state index in [0.717, 1.165) is 12.1 Å². The first-order chi connectivity index (χ1) is 9.68. The van der Waals surface area contributed by atoms with Crippen LogP contribution in [0.3, 0.4) is 0 Å². The third-order valence-corrected chi connectivity index (χ3v) is 3.42. The zero-order valence-electron chi connectivity index (χ0n) is 10.1. The van der Waals surface area contributed by atoms with Gasteiger partial charge in [-0.3, -0.25) is 0 Å². The summed E-state index contributed by atoms with van der Waals surface area (Å²) in [5, 5.41) is -0.196. The van der Waals surface area contributed by atoms with Crippen molar-refractivity contribution in [2.75, 3.05) is 5.73 Å². The van der Waals surface area contributed by atoms with E-state index < -0.39 is 11.7 Å². The number of rotatable bonds is 2. The van der Waals surface area contributed by atoms with Crippen molar-refractivity contribution in [2.24, 2.45) is 0 Å². The molecule has 2 aromatic carbocycles. The average Bonchev–Trinajstić information content (AvgIpc) is 2.36. The highest BCUT2D eigenvalue weighted by atomic mass is 35.5. The fraction of sp³-hybridized carbons (Fsp3) is 0.0769. The minimum absolute atomic E-state index is 0.0898. The lowest BCUT2D eigenvalue weighted by molar-refractivity contribution is -0.137. The third-order valence-electron chi connectivity index (χ3n) is 2.51. The number of ether oxygens (including phenoxy) is 1. The number of hydrogen-bond donors (Lipinski definition) is 1. The van der Waals surface area contributed by atoms with Gasteiger partial charge >= 0.3 is 6.18 Å². The third kappa shape index (κ3) is 3.67. The normalized spacial score (nSPS) is 11.5. The molecule has 2 aromatic rings. The number of benzene rings is 2. The molecule has 2 N–H and O–H groups in total. The molecule has 0 atom stereocenters. The van der Waals surface area contributed by atoms with Gasteiger partial charge in [-0.15, -0.1) is 0 Å². The molecule has 0 spiro atoms. The van der Waals surface area contributed by atoms with E-state index in [1.54, 1.807) is 0 Å². The van der Waals surface area contributed by atoms with Crippen molar-refractivity contribution in [3.05, 3.63) is 51.0 Å². The van der Waals surface area contributed by atoms with Crippen LogP contribution in [0.5, 0.6) is 11.5 Å². The Labute approximate surface area is 133 Å². The van der Waals surface area contributed by atoms with Gasteiger partial charge < -0.3 is 10.5 Å². The summed E-state index contributed by atoms with van der Waals surface area (Å²) in [5.74, 6) is 0.161. The van der Waals surface area contributed by atoms with E-state index in [1.165, 1.54) is 18.2 Å². The second-order valence-corrected chi connectivity index (χ2v) is 5.27. The van der Waals surface area contributed by atoms with E-state index >= 15 is 0 Å². The fourth-order valence-electron chi connectivity index (χ4n) is 1.52. The maximum absolute atomic E-state index is 12.6. The standard InChI is InChI=1S/C13H7Cl3F3NO/c14-8-2-1-7(5-11(8)20)21-12-9(15)3-6(4-10(12)16)13(17,18)19/h1-5H,20H2. The first-order valence-electron chi connectivity index (χ1n) is 5.47. The topological polar surface area (TPSA) is 35.2 Å². The molecule has 0 radical (unpaired) electrons. The monoisotopic (exact) mass is 355 g/mol. The van der Waals surface area contributed by atoms with E-state index in [0.29, 0.717) is 5.02 Å². The molecule has 0 saturated heterocycles. The van der Waals surface area contributed by atoms with Crippen molar-refractivity contribution in [3.8, 4) is 11.5 Å². The Hall–Kier alpha value is -1.30. The van der Waals surface area contributed by atoms with Gasteiger partial charge in [0.2, 0.25) is 0 Å². The predicted molar refractivity (Wildman–Crippen MR) is 77.4 cm³/mol. The number of anilines is 1. The Morgan fingerprint density at radius 1 is 0.905 bits per heavy atom. The minimum atomic E-state index is -4.55. The van der Waals surface area contributed by atoms with Gasteiger partial charge in [-0.25, -0.2) is 0 Å². The summed E-state index contributed by atoms with van der Waals surface area (Å²) in [4.78, 5) is 0. The molecule has 0 saturated carbocycles. The number of alkyl halides is 3. The zero-order chi connectivity index (χ0) is 15.8. The van der Waals surface area contributed by atoms with Gasteiger partial charge in [-0.1, -0.05) is 34.8 Å². The molecule has 0 bridgehead atoms. The number of hydrogen-bond acceptors (Lipinski definition) is 2. The molecule has 112 valence electrons. The highest BCUT2D eigenvalue weighted by Crippen LogP contribution is 2.42. The van der Waals surface area contributed by atoms with Crippen molar-refractivity contribution >= 4 is 40.5 Å². The first-order valence-corrected chi connectivity index (χ1v) is 6.61. The summed E-state index contributed by atoms with van der Waals surface area (Å²) in [6, 6.07) is 5.86. The van der Waals surface area contributed by atoms with E-state index in [-0.39, 0.29) is 27.2 Å². The van der Waals surface area contributed by atoms with Crippen LogP contribution < -0.4 is 10.5 Å². The Morgan fingerprint density at radius 2 is 1.48 bits per heavy atom. The molecular formula is C13H7Cl3F3NO. The molecule has 0 aliphatic rings. The molecule has 0 aromatic heterocycles. The van der Waals surface area contributed by atoms with Crippen molar-refractivity contribution in [1.82, 2.24) is 0 Å². The van der Waals surface area contributed by atoms with Crippen LogP contribution >= 0.6 is 34.8 Å². The van der Waals surface area contributed by atoms with Gasteiger partial charge in [-0.2, -0.15) is 13.2 Å². The molecule has 0 heterocycles. The Balaban J connectivity index is 2.39. The van der Waals surface area contributed by atoms with Gasteiger partial charge in [0, 0.05) is 6.07 Å². The van der Waals surface area contributed by atoms with Crippen LogP contribution in [0.2, 0.25) is 15.1 Å². The number of nitrogen functional groups attached to an aromatic ring is 1. The lowest BCUT2D eigenvalue weighted by atomic mass is 10.2. The van der Waals surface area contributed by atoms with Crippen molar-refractivity contribution < 1.29 is 17.9 Å². The Kier molecular flexibility index (Phi) is 4.46. The van der Waals surface area contributed by atoms with Crippen molar-refractivity contribution in [3.63, 3.8) is 0 Å². The van der Waals surface area contributed by atoms with Gasteiger partial charge in [0.15, 0.2) is 5.75 Å². The largest absolute Gasteiger partial charge is 0.454 e. The van der Waals surface area contributed by atoms with Gasteiger partial charge in [0.1, 0.15) is 5.75 Å². The van der Waals surface area contributed by atoms with Crippen LogP contribution in [-0.2, 0) is 6.18 Å². The molecular weight excluding hydrogens is 350 g/mol. The molecule has 0 amide bonds. The SMILES string of the molecule is Nc1cc(Oc2c(Cl)cc(C(F)(F)F)cc2Cl)ccc1Cl. The Morgan fingerprint density at radius 3 is 1.95 bits per heavy atom. The average molecular weight is 357 g/mol. The lowest BCUT2D eigenvalue weighted by Gasteiger charge is -2.13. The summed E-state index contributed by atoms with van der Waals surface area (Å²) >= 11 is 17.3. The second kappa shape index (κ2) is 5.83. The maximum Gasteiger partial charge on any atom is 0.416 e. The second-order valence-electron chi connectivity index (χ2n) is 4.05. The summed E-state index contributed by atoms with van der Waals surface area (Å²) in [5.41, 5.74) is 4.90. The summed E-state index contributed by atoms with van der Waals surface area (Å²) in [6.07, 6.45) is -4.55. The summed E-state index contributed by atoms with van der Waals surface area (Å²) < 4.78 is 43.2. The minimum Gasteiger partial charge on any atom is -0.454 e. The van der Waals surface area contributed by atoms with E-state index in [1.807, 2.05) is 0 Å². The van der Waals surface area contributed by atoms with Gasteiger partial charge in [-0.05, 0) is 24.3 Å². The molecule has 21 heavy (non-hydrogen) atoms. The van der Waals surface area contributed by atoms with Gasteiger partial charge in [0.05, 0.1) is 26.3 Å². The van der Waals surface area contributed by atoms with Gasteiger partial charge in [0.25, 0.3) is 0 Å². The quantitative estimate of drug-likeness (QED) is 0.666. The van der Waals surface area contributed by atoms with Crippen molar-refractivity contribution in [2.45, 2.75) is 6.18 Å². The Bertz CT molecular complexity index is 666. The van der Waals surface area contributed by atoms with E-state index in [9.17, 15) is 13.2 Å². The maximum atomic E-state index is 12.6.